The number of benzene rings is 1. The van der Waals surface area contributed by atoms with Crippen molar-refractivity contribution in [2.24, 2.45) is 0 Å². The summed E-state index contributed by atoms with van der Waals surface area (Å²) in [6, 6.07) is 7.13. The van der Waals surface area contributed by atoms with Gasteiger partial charge >= 0.3 is 0 Å². The molecule has 0 aromatic heterocycles. The van der Waals surface area contributed by atoms with Crippen LogP contribution in [0.15, 0.2) is 24.3 Å². The predicted molar refractivity (Wildman–Crippen MR) is 63.2 cm³/mol. The first kappa shape index (κ1) is 12.9. The molecule has 0 fully saturated rings. The van der Waals surface area contributed by atoms with Crippen LogP contribution < -0.4 is 9.64 Å². The first-order chi connectivity index (χ1) is 7.74. The maximum atomic E-state index is 11.2. The second-order valence-corrected chi connectivity index (χ2v) is 3.43. The van der Waals surface area contributed by atoms with Crippen molar-refractivity contribution in [3.8, 4) is 5.75 Å². The van der Waals surface area contributed by atoms with E-state index in [1.165, 1.54) is 4.90 Å². The number of carbonyl (C=O) groups excluding carboxylic acids is 1. The van der Waals surface area contributed by atoms with Gasteiger partial charge in [-0.25, -0.2) is 0 Å². The van der Waals surface area contributed by atoms with E-state index in [4.69, 9.17) is 9.84 Å². The number of fused-ring (bicyclic) bond motifs is 1. The largest absolute Gasteiger partial charge is 0.482 e. The summed E-state index contributed by atoms with van der Waals surface area (Å²) in [5.74, 6) is 0.414. The number of para-hydroxylation sites is 2. The Kier molecular flexibility index (Phi) is 5.19. The lowest BCUT2D eigenvalue weighted by molar-refractivity contribution is -0.122. The molecule has 1 aliphatic heterocycles. The molecule has 2 rings (SSSR count). The molecule has 1 aliphatic rings. The number of nitrogens with zero attached hydrogens (tertiary/aromatic N) is 1. The Balaban J connectivity index is 0.000000386. The molecule has 1 N–H and O–H groups in total. The number of rotatable bonds is 1. The van der Waals surface area contributed by atoms with Crippen LogP contribution in [-0.4, -0.2) is 31.5 Å². The minimum absolute atomic E-state index is 0.00241. The van der Waals surface area contributed by atoms with E-state index >= 15 is 0 Å². The van der Waals surface area contributed by atoms with E-state index in [-0.39, 0.29) is 19.2 Å². The quantitative estimate of drug-likeness (QED) is 0.741. The molecule has 1 aromatic carbocycles. The number of carbonyl (C=O) groups is 1. The van der Waals surface area contributed by atoms with Gasteiger partial charge in [0, 0.05) is 7.11 Å². The van der Waals surface area contributed by atoms with Gasteiger partial charge in [0.1, 0.15) is 12.5 Å². The van der Waals surface area contributed by atoms with E-state index in [0.717, 1.165) is 0 Å². The minimum Gasteiger partial charge on any atom is -0.482 e. The Hall–Kier alpha value is -1.16. The number of amides is 1. The van der Waals surface area contributed by atoms with Crippen LogP contribution >= 0.6 is 9.47 Å². The number of anilines is 1. The zero-order chi connectivity index (χ0) is 12.0. The number of hydrogen-bond donors (Lipinski definition) is 1. The fraction of sp³-hybridized carbons (Fsp3) is 0.300. The maximum Gasteiger partial charge on any atom is 0.266 e. The summed E-state index contributed by atoms with van der Waals surface area (Å²) in [7, 11) is 3.67. The second kappa shape index (κ2) is 6.43. The molecule has 0 saturated heterocycles. The summed E-state index contributed by atoms with van der Waals surface area (Å²) in [5, 5.41) is 8.96. The molecule has 1 amide bonds. The van der Waals surface area contributed by atoms with Crippen molar-refractivity contribution in [3.63, 3.8) is 0 Å². The van der Waals surface area contributed by atoms with E-state index in [2.05, 4.69) is 14.0 Å². The third-order valence-electron chi connectivity index (χ3n) is 1.95. The number of hydrogen-bond acceptors (Lipinski definition) is 4. The molecule has 0 spiro atoms. The summed E-state index contributed by atoms with van der Waals surface area (Å²) < 4.78 is 9.33. The summed E-state index contributed by atoms with van der Waals surface area (Å²) in [5.41, 5.74) is 0.626. The highest BCUT2D eigenvalue weighted by atomic mass is 31.0. The van der Waals surface area contributed by atoms with Crippen molar-refractivity contribution in [1.29, 1.82) is 0 Å². The second-order valence-electron chi connectivity index (χ2n) is 2.96. The van der Waals surface area contributed by atoms with Crippen molar-refractivity contribution in [2.75, 3.05) is 25.3 Å². The maximum absolute atomic E-state index is 11.2. The fourth-order valence-electron chi connectivity index (χ4n) is 1.31. The Bertz CT molecular complexity index is 358. The van der Waals surface area contributed by atoms with Gasteiger partial charge in [0.05, 0.1) is 5.69 Å². The number of aliphatic hydroxyl groups excluding tert-OH is 1. The van der Waals surface area contributed by atoms with Crippen molar-refractivity contribution in [1.82, 2.24) is 0 Å². The highest BCUT2D eigenvalue weighted by Crippen LogP contribution is 2.30. The Labute approximate surface area is 96.3 Å². The third-order valence-corrected chi connectivity index (χ3v) is 1.95. The molecule has 16 heavy (non-hydrogen) atoms. The van der Waals surface area contributed by atoms with Crippen LogP contribution in [0.25, 0.3) is 0 Å². The predicted octanol–water partition coefficient (Wildman–Crippen LogP) is 0.785. The van der Waals surface area contributed by atoms with Gasteiger partial charge in [0.15, 0.2) is 6.61 Å². The molecule has 1 atom stereocenters. The molecule has 0 bridgehead atoms. The average molecular weight is 243 g/mol. The van der Waals surface area contributed by atoms with E-state index in [9.17, 15) is 4.79 Å². The van der Waals surface area contributed by atoms with Crippen LogP contribution in [0.4, 0.5) is 5.69 Å². The Morgan fingerprint density at radius 1 is 1.56 bits per heavy atom. The monoisotopic (exact) mass is 243 g/mol. The smallest absolute Gasteiger partial charge is 0.266 e. The van der Waals surface area contributed by atoms with Crippen LogP contribution in [-0.2, 0) is 9.32 Å². The summed E-state index contributed by atoms with van der Waals surface area (Å²) in [6.45, 7) is -0.309. The molecule has 1 aromatic rings. The Morgan fingerprint density at radius 2 is 2.19 bits per heavy atom. The van der Waals surface area contributed by atoms with E-state index < -0.39 is 0 Å². The highest BCUT2D eigenvalue weighted by Gasteiger charge is 2.23. The zero-order valence-corrected chi connectivity index (χ0v) is 10.1. The first-order valence-electron chi connectivity index (χ1n) is 4.60. The lowest BCUT2D eigenvalue weighted by Crippen LogP contribution is -2.39. The molecular weight excluding hydrogens is 229 g/mol. The highest BCUT2D eigenvalue weighted by molar-refractivity contribution is 7.09. The Morgan fingerprint density at radius 3 is 2.81 bits per heavy atom. The van der Waals surface area contributed by atoms with Gasteiger partial charge in [-0.1, -0.05) is 12.1 Å². The summed E-state index contributed by atoms with van der Waals surface area (Å²) in [4.78, 5) is 12.5. The molecule has 1 heterocycles. The van der Waals surface area contributed by atoms with Crippen LogP contribution in [0.3, 0.4) is 0 Å². The standard InChI is InChI=1S/C9H9NO3.CH5OP/c11-6-10-7-3-1-2-4-8(7)13-5-9(10)12;1-2-3/h1-4,11H,5-6H2;3H2,1H3. The van der Waals surface area contributed by atoms with Crippen molar-refractivity contribution in [3.05, 3.63) is 24.3 Å². The van der Waals surface area contributed by atoms with Gasteiger partial charge in [-0.3, -0.25) is 9.69 Å². The van der Waals surface area contributed by atoms with Gasteiger partial charge in [-0.2, -0.15) is 0 Å². The molecule has 5 nitrogen and oxygen atoms in total. The SMILES string of the molecule is COP.O=C1COc2ccccc2N1CO. The normalized spacial score (nSPS) is 13.4. The van der Waals surface area contributed by atoms with E-state index in [1.807, 2.05) is 6.07 Å². The molecule has 6 heteroatoms. The molecule has 0 aliphatic carbocycles. The fourth-order valence-corrected chi connectivity index (χ4v) is 1.31. The van der Waals surface area contributed by atoms with Crippen molar-refractivity contribution < 1.29 is 19.2 Å². The molecule has 88 valence electrons. The summed E-state index contributed by atoms with van der Waals surface area (Å²) >= 11 is 0. The first-order valence-corrected chi connectivity index (χ1v) is 5.07. The van der Waals surface area contributed by atoms with Gasteiger partial charge in [0.2, 0.25) is 0 Å². The number of ether oxygens (including phenoxy) is 1. The molecule has 0 radical (unpaired) electrons. The minimum atomic E-state index is -0.306. The van der Waals surface area contributed by atoms with Crippen molar-refractivity contribution >= 4 is 21.1 Å². The van der Waals surface area contributed by atoms with Crippen molar-refractivity contribution in [2.45, 2.75) is 0 Å². The van der Waals surface area contributed by atoms with Gasteiger partial charge < -0.3 is 14.4 Å². The lowest BCUT2D eigenvalue weighted by Gasteiger charge is -2.27. The summed E-state index contributed by atoms with van der Waals surface area (Å²) in [6.07, 6.45) is 0. The van der Waals surface area contributed by atoms with Crippen LogP contribution in [0.1, 0.15) is 0 Å². The molecule has 1 unspecified atom stereocenters. The zero-order valence-electron chi connectivity index (χ0n) is 8.92. The topological polar surface area (TPSA) is 59.0 Å². The van der Waals surface area contributed by atoms with E-state index in [1.54, 1.807) is 25.3 Å². The van der Waals surface area contributed by atoms with Crippen LogP contribution in [0.5, 0.6) is 5.75 Å². The van der Waals surface area contributed by atoms with Crippen LogP contribution in [0.2, 0.25) is 0 Å². The van der Waals surface area contributed by atoms with Gasteiger partial charge in [-0.15, -0.1) is 0 Å². The molecule has 0 saturated carbocycles. The molecular formula is C10H14NO4P. The lowest BCUT2D eigenvalue weighted by atomic mass is 10.2. The third kappa shape index (κ3) is 2.92. The van der Waals surface area contributed by atoms with Crippen LogP contribution in [0, 0.1) is 0 Å². The van der Waals surface area contributed by atoms with Gasteiger partial charge in [-0.05, 0) is 21.6 Å². The number of aliphatic hydroxyl groups is 1. The average Bonchev–Trinajstić information content (AvgIpc) is 2.30. The van der Waals surface area contributed by atoms with E-state index in [0.29, 0.717) is 11.4 Å². The van der Waals surface area contributed by atoms with Gasteiger partial charge in [0.25, 0.3) is 5.91 Å².